The van der Waals surface area contributed by atoms with Gasteiger partial charge in [0.05, 0.1) is 12.5 Å². The summed E-state index contributed by atoms with van der Waals surface area (Å²) in [5, 5.41) is 0.159. The average Bonchev–Trinajstić information content (AvgIpc) is 2.95. The molecule has 0 aliphatic carbocycles. The molecule has 0 radical (unpaired) electrons. The van der Waals surface area contributed by atoms with Gasteiger partial charge in [0.15, 0.2) is 5.03 Å². The number of aromatic amines is 1. The molecule has 108 valence electrons. The van der Waals surface area contributed by atoms with E-state index in [2.05, 4.69) is 21.8 Å². The lowest BCUT2D eigenvalue weighted by Gasteiger charge is -2.37. The van der Waals surface area contributed by atoms with Crippen LogP contribution in [0.5, 0.6) is 0 Å². The van der Waals surface area contributed by atoms with Gasteiger partial charge in [-0.15, -0.1) is 0 Å². The van der Waals surface area contributed by atoms with Crippen molar-refractivity contribution in [1.82, 2.24) is 19.2 Å². The number of aromatic nitrogens is 2. The fourth-order valence-corrected chi connectivity index (χ4v) is 3.72. The number of nitrogens with zero attached hydrogens (tertiary/aromatic N) is 3. The Labute approximate surface area is 113 Å². The first-order valence-electron chi connectivity index (χ1n) is 6.52. The molecule has 1 aliphatic heterocycles. The van der Waals surface area contributed by atoms with E-state index in [1.165, 1.54) is 16.8 Å². The SMILES string of the molecule is CCC(CN)N1CCN(S(=O)(=O)c2cnc[nH]2)CC1. The second-order valence-corrected chi connectivity index (χ2v) is 6.56. The van der Waals surface area contributed by atoms with E-state index < -0.39 is 10.0 Å². The molecular weight excluding hydrogens is 266 g/mol. The van der Waals surface area contributed by atoms with Crippen molar-refractivity contribution in [1.29, 1.82) is 0 Å². The number of H-pyrrole nitrogens is 1. The Morgan fingerprint density at radius 1 is 1.42 bits per heavy atom. The van der Waals surface area contributed by atoms with Crippen LogP contribution in [0.4, 0.5) is 0 Å². The number of nitrogens with two attached hydrogens (primary N) is 1. The zero-order chi connectivity index (χ0) is 13.9. The van der Waals surface area contributed by atoms with Crippen molar-refractivity contribution in [3.8, 4) is 0 Å². The number of imidazole rings is 1. The first-order valence-corrected chi connectivity index (χ1v) is 7.96. The van der Waals surface area contributed by atoms with E-state index in [0.717, 1.165) is 19.5 Å². The number of sulfonamides is 1. The summed E-state index contributed by atoms with van der Waals surface area (Å²) in [7, 11) is -3.42. The molecule has 2 heterocycles. The zero-order valence-electron chi connectivity index (χ0n) is 11.1. The minimum Gasteiger partial charge on any atom is -0.335 e. The quantitative estimate of drug-likeness (QED) is 0.758. The summed E-state index contributed by atoms with van der Waals surface area (Å²) in [4.78, 5) is 8.68. The maximum atomic E-state index is 12.3. The molecule has 7 nitrogen and oxygen atoms in total. The maximum absolute atomic E-state index is 12.3. The number of rotatable bonds is 5. The van der Waals surface area contributed by atoms with Gasteiger partial charge in [0.2, 0.25) is 0 Å². The van der Waals surface area contributed by atoms with Gasteiger partial charge in [-0.1, -0.05) is 6.92 Å². The highest BCUT2D eigenvalue weighted by atomic mass is 32.2. The molecule has 1 atom stereocenters. The molecule has 1 aromatic heterocycles. The van der Waals surface area contributed by atoms with Crippen molar-refractivity contribution < 1.29 is 8.42 Å². The summed E-state index contributed by atoms with van der Waals surface area (Å²) in [5.74, 6) is 0. The molecule has 8 heteroatoms. The monoisotopic (exact) mass is 287 g/mol. The van der Waals surface area contributed by atoms with Crippen LogP contribution in [0.15, 0.2) is 17.6 Å². The molecule has 0 aromatic carbocycles. The standard InChI is InChI=1S/C11H21N5O2S/c1-2-10(7-12)15-3-5-16(6-4-15)19(17,18)11-8-13-9-14-11/h8-10H,2-7,12H2,1H3,(H,13,14). The van der Waals surface area contributed by atoms with Gasteiger partial charge in [-0.3, -0.25) is 4.90 Å². The minimum atomic E-state index is -3.42. The van der Waals surface area contributed by atoms with Crippen molar-refractivity contribution >= 4 is 10.0 Å². The number of nitrogens with one attached hydrogen (secondary N) is 1. The van der Waals surface area contributed by atoms with E-state index >= 15 is 0 Å². The molecule has 0 amide bonds. The smallest absolute Gasteiger partial charge is 0.260 e. The molecule has 1 fully saturated rings. The fourth-order valence-electron chi connectivity index (χ4n) is 2.41. The largest absolute Gasteiger partial charge is 0.335 e. The molecule has 0 bridgehead atoms. The molecule has 1 unspecified atom stereocenters. The van der Waals surface area contributed by atoms with Crippen LogP contribution in [0.3, 0.4) is 0 Å². The van der Waals surface area contributed by atoms with Crippen molar-refractivity contribution in [2.24, 2.45) is 5.73 Å². The summed E-state index contributed by atoms with van der Waals surface area (Å²) in [6.07, 6.45) is 3.71. The maximum Gasteiger partial charge on any atom is 0.260 e. The van der Waals surface area contributed by atoms with Crippen LogP contribution in [-0.4, -0.2) is 66.4 Å². The van der Waals surface area contributed by atoms with E-state index in [9.17, 15) is 8.42 Å². The third-order valence-corrected chi connectivity index (χ3v) is 5.45. The number of piperazine rings is 1. The summed E-state index contributed by atoms with van der Waals surface area (Å²) in [6.45, 7) is 5.16. The summed E-state index contributed by atoms with van der Waals surface area (Å²) >= 11 is 0. The third kappa shape index (κ3) is 2.97. The van der Waals surface area contributed by atoms with Gasteiger partial charge in [0.25, 0.3) is 10.0 Å². The van der Waals surface area contributed by atoms with Gasteiger partial charge in [-0.05, 0) is 6.42 Å². The molecule has 1 saturated heterocycles. The van der Waals surface area contributed by atoms with Gasteiger partial charge in [0.1, 0.15) is 0 Å². The third-order valence-electron chi connectivity index (χ3n) is 3.62. The first-order chi connectivity index (χ1) is 9.09. The van der Waals surface area contributed by atoms with Crippen molar-refractivity contribution in [2.75, 3.05) is 32.7 Å². The topological polar surface area (TPSA) is 95.3 Å². The van der Waals surface area contributed by atoms with E-state index in [1.807, 2.05) is 0 Å². The molecule has 2 rings (SSSR count). The lowest BCUT2D eigenvalue weighted by atomic mass is 10.1. The van der Waals surface area contributed by atoms with Gasteiger partial charge in [-0.2, -0.15) is 4.31 Å². The molecule has 0 spiro atoms. The van der Waals surface area contributed by atoms with Crippen LogP contribution >= 0.6 is 0 Å². The second-order valence-electron chi connectivity index (χ2n) is 4.65. The Morgan fingerprint density at radius 2 is 2.11 bits per heavy atom. The van der Waals surface area contributed by atoms with E-state index in [1.54, 1.807) is 0 Å². The number of hydrogen-bond acceptors (Lipinski definition) is 5. The van der Waals surface area contributed by atoms with Crippen LogP contribution in [0, 0.1) is 0 Å². The van der Waals surface area contributed by atoms with Crippen LogP contribution in [0.25, 0.3) is 0 Å². The Balaban J connectivity index is 2.01. The van der Waals surface area contributed by atoms with Gasteiger partial charge >= 0.3 is 0 Å². The van der Waals surface area contributed by atoms with Crippen LogP contribution in [0.2, 0.25) is 0 Å². The Bertz CT molecular complexity index is 475. The molecular formula is C11H21N5O2S. The predicted octanol–water partition coefficient (Wildman–Crippen LogP) is -0.547. The van der Waals surface area contributed by atoms with Crippen LogP contribution in [-0.2, 0) is 10.0 Å². The Kier molecular flexibility index (Phi) is 4.56. The average molecular weight is 287 g/mol. The summed E-state index contributed by atoms with van der Waals surface area (Å²) in [6, 6.07) is 0.344. The second kappa shape index (κ2) is 6.00. The Morgan fingerprint density at radius 3 is 2.58 bits per heavy atom. The predicted molar refractivity (Wildman–Crippen MR) is 72.1 cm³/mol. The zero-order valence-corrected chi connectivity index (χ0v) is 11.9. The fraction of sp³-hybridized carbons (Fsp3) is 0.727. The van der Waals surface area contributed by atoms with Gasteiger partial charge < -0.3 is 10.7 Å². The van der Waals surface area contributed by atoms with E-state index in [-0.39, 0.29) is 5.03 Å². The minimum absolute atomic E-state index is 0.159. The molecule has 0 saturated carbocycles. The van der Waals surface area contributed by atoms with Crippen molar-refractivity contribution in [3.63, 3.8) is 0 Å². The highest BCUT2D eigenvalue weighted by Gasteiger charge is 2.30. The van der Waals surface area contributed by atoms with Gasteiger partial charge in [0, 0.05) is 38.8 Å². The molecule has 1 aliphatic rings. The van der Waals surface area contributed by atoms with Gasteiger partial charge in [-0.25, -0.2) is 13.4 Å². The highest BCUT2D eigenvalue weighted by Crippen LogP contribution is 2.16. The summed E-state index contributed by atoms with van der Waals surface area (Å²) in [5.41, 5.74) is 5.72. The highest BCUT2D eigenvalue weighted by molar-refractivity contribution is 7.89. The normalized spacial score (nSPS) is 20.5. The lowest BCUT2D eigenvalue weighted by molar-refractivity contribution is 0.137. The van der Waals surface area contributed by atoms with Crippen molar-refractivity contribution in [2.45, 2.75) is 24.4 Å². The van der Waals surface area contributed by atoms with Crippen LogP contribution < -0.4 is 5.73 Å². The van der Waals surface area contributed by atoms with E-state index in [4.69, 9.17) is 5.73 Å². The Hall–Kier alpha value is -0.960. The molecule has 3 N–H and O–H groups in total. The van der Waals surface area contributed by atoms with Crippen LogP contribution in [0.1, 0.15) is 13.3 Å². The first kappa shape index (κ1) is 14.4. The summed E-state index contributed by atoms with van der Waals surface area (Å²) < 4.78 is 26.1. The van der Waals surface area contributed by atoms with Crippen molar-refractivity contribution in [3.05, 3.63) is 12.5 Å². The molecule has 19 heavy (non-hydrogen) atoms. The van der Waals surface area contributed by atoms with E-state index in [0.29, 0.717) is 25.7 Å². The lowest BCUT2D eigenvalue weighted by Crippen LogP contribution is -2.53. The molecule has 1 aromatic rings. The number of hydrogen-bond donors (Lipinski definition) is 2.